The molecule has 0 saturated carbocycles. The van der Waals surface area contributed by atoms with E-state index in [-0.39, 0.29) is 12.0 Å². The lowest BCUT2D eigenvalue weighted by molar-refractivity contribution is -0.00946. The first-order chi connectivity index (χ1) is 7.31. The molecule has 1 aliphatic rings. The molecule has 0 N–H and O–H groups in total. The van der Waals surface area contributed by atoms with Crippen molar-refractivity contribution >= 4 is 33.2 Å². The van der Waals surface area contributed by atoms with Crippen LogP contribution in [-0.2, 0) is 4.74 Å². The Bertz CT molecular complexity index is 331. The summed E-state index contributed by atoms with van der Waals surface area (Å²) in [4.78, 5) is 18.4. The highest BCUT2D eigenvalue weighted by atomic mass is 79.9. The lowest BCUT2D eigenvalue weighted by Crippen LogP contribution is -2.46. The topological polar surface area (TPSA) is 42.4 Å². The molecule has 1 aromatic rings. The van der Waals surface area contributed by atoms with Gasteiger partial charge in [0.25, 0.3) is 5.91 Å². The highest BCUT2D eigenvalue weighted by Crippen LogP contribution is 2.14. The van der Waals surface area contributed by atoms with Crippen LogP contribution in [0, 0.1) is 0 Å². The molecule has 0 aromatic carbocycles. The van der Waals surface area contributed by atoms with Crippen molar-refractivity contribution in [1.29, 1.82) is 0 Å². The Kier molecular flexibility index (Phi) is 3.71. The van der Waals surface area contributed by atoms with Crippen LogP contribution < -0.4 is 0 Å². The third kappa shape index (κ3) is 2.56. The van der Waals surface area contributed by atoms with Crippen molar-refractivity contribution in [3.63, 3.8) is 0 Å². The summed E-state index contributed by atoms with van der Waals surface area (Å²) in [7, 11) is 0. The zero-order chi connectivity index (χ0) is 10.7. The summed E-state index contributed by atoms with van der Waals surface area (Å²) >= 11 is 4.74. The summed E-state index contributed by atoms with van der Waals surface area (Å²) in [6.45, 7) is 1.93. The van der Waals surface area contributed by atoms with E-state index in [1.165, 1.54) is 11.3 Å². The molecule has 0 radical (unpaired) electrons. The second kappa shape index (κ2) is 5.05. The van der Waals surface area contributed by atoms with Crippen molar-refractivity contribution in [2.75, 3.05) is 25.0 Å². The van der Waals surface area contributed by atoms with Crippen LogP contribution in [0.15, 0.2) is 11.7 Å². The number of hydrogen-bond donors (Lipinski definition) is 0. The molecule has 15 heavy (non-hydrogen) atoms. The largest absolute Gasteiger partial charge is 0.374 e. The summed E-state index contributed by atoms with van der Waals surface area (Å²) in [6.07, 6.45) is 1.72. The van der Waals surface area contributed by atoms with Crippen LogP contribution >= 0.6 is 27.3 Å². The molecule has 4 nitrogen and oxygen atoms in total. The van der Waals surface area contributed by atoms with Crippen molar-refractivity contribution < 1.29 is 9.53 Å². The van der Waals surface area contributed by atoms with Crippen LogP contribution in [0.4, 0.5) is 0 Å². The van der Waals surface area contributed by atoms with Crippen molar-refractivity contribution in [1.82, 2.24) is 9.88 Å². The number of rotatable bonds is 2. The monoisotopic (exact) mass is 290 g/mol. The zero-order valence-corrected chi connectivity index (χ0v) is 10.5. The van der Waals surface area contributed by atoms with E-state index in [0.29, 0.717) is 24.6 Å². The van der Waals surface area contributed by atoms with Gasteiger partial charge in [-0.15, -0.1) is 11.3 Å². The molecule has 82 valence electrons. The number of ether oxygens (including phenoxy) is 1. The van der Waals surface area contributed by atoms with E-state index >= 15 is 0 Å². The molecule has 6 heteroatoms. The van der Waals surface area contributed by atoms with Crippen LogP contribution in [-0.4, -0.2) is 46.9 Å². The molecule has 1 saturated heterocycles. The quantitative estimate of drug-likeness (QED) is 0.773. The Morgan fingerprint density at radius 3 is 3.33 bits per heavy atom. The highest BCUT2D eigenvalue weighted by Gasteiger charge is 2.24. The van der Waals surface area contributed by atoms with E-state index in [1.54, 1.807) is 11.7 Å². The van der Waals surface area contributed by atoms with Crippen LogP contribution in [0.25, 0.3) is 0 Å². The van der Waals surface area contributed by atoms with E-state index in [9.17, 15) is 4.79 Å². The number of carbonyl (C=O) groups is 1. The lowest BCUT2D eigenvalue weighted by Gasteiger charge is -2.31. The van der Waals surface area contributed by atoms with Crippen molar-refractivity contribution in [2.24, 2.45) is 0 Å². The average Bonchev–Trinajstić information content (AvgIpc) is 2.81. The number of hydrogen-bond acceptors (Lipinski definition) is 4. The highest BCUT2D eigenvalue weighted by molar-refractivity contribution is 9.09. The number of morpholine rings is 1. The molecule has 0 spiro atoms. The number of halogens is 1. The van der Waals surface area contributed by atoms with Crippen LogP contribution in [0.2, 0.25) is 0 Å². The fourth-order valence-electron chi connectivity index (χ4n) is 1.47. The minimum Gasteiger partial charge on any atom is -0.374 e. The van der Waals surface area contributed by atoms with Gasteiger partial charge in [-0.3, -0.25) is 9.78 Å². The van der Waals surface area contributed by atoms with Gasteiger partial charge >= 0.3 is 0 Å². The van der Waals surface area contributed by atoms with E-state index in [0.717, 1.165) is 5.33 Å². The predicted octanol–water partition coefficient (Wildman–Crippen LogP) is 1.38. The second-order valence-corrected chi connectivity index (χ2v) is 4.80. The van der Waals surface area contributed by atoms with Gasteiger partial charge in [-0.05, 0) is 0 Å². The molecule has 0 aliphatic carbocycles. The normalized spacial score (nSPS) is 21.7. The summed E-state index contributed by atoms with van der Waals surface area (Å²) in [6, 6.07) is 0. The van der Waals surface area contributed by atoms with Gasteiger partial charge in [0.1, 0.15) is 4.88 Å². The first-order valence-electron chi connectivity index (χ1n) is 4.66. The van der Waals surface area contributed by atoms with Gasteiger partial charge in [0.15, 0.2) is 0 Å². The molecule has 2 heterocycles. The first-order valence-corrected chi connectivity index (χ1v) is 6.66. The van der Waals surface area contributed by atoms with E-state index < -0.39 is 0 Å². The summed E-state index contributed by atoms with van der Waals surface area (Å²) in [5, 5.41) is 0.763. The smallest absolute Gasteiger partial charge is 0.265 e. The molecule has 0 bridgehead atoms. The number of alkyl halides is 1. The molecule has 1 aliphatic heterocycles. The van der Waals surface area contributed by atoms with E-state index in [1.807, 2.05) is 4.90 Å². The molecule has 1 unspecified atom stereocenters. The van der Waals surface area contributed by atoms with Gasteiger partial charge < -0.3 is 9.64 Å². The minimum absolute atomic E-state index is 0.0618. The van der Waals surface area contributed by atoms with Crippen LogP contribution in [0.1, 0.15) is 9.67 Å². The lowest BCUT2D eigenvalue weighted by atomic mass is 10.3. The van der Waals surface area contributed by atoms with Crippen molar-refractivity contribution in [3.05, 3.63) is 16.6 Å². The van der Waals surface area contributed by atoms with Gasteiger partial charge in [-0.25, -0.2) is 0 Å². The molecule has 1 fully saturated rings. The van der Waals surface area contributed by atoms with Gasteiger partial charge in [-0.2, -0.15) is 0 Å². The molecule has 1 atom stereocenters. The predicted molar refractivity (Wildman–Crippen MR) is 61.6 cm³/mol. The Labute approximate surface area is 100 Å². The average molecular weight is 291 g/mol. The fourth-order valence-corrected chi connectivity index (χ4v) is 2.45. The third-order valence-corrected chi connectivity index (χ3v) is 3.72. The number of nitrogens with zero attached hydrogens (tertiary/aromatic N) is 2. The zero-order valence-electron chi connectivity index (χ0n) is 8.06. The maximum atomic E-state index is 11.9. The summed E-state index contributed by atoms with van der Waals surface area (Å²) in [5.41, 5.74) is 1.68. The van der Waals surface area contributed by atoms with Crippen molar-refractivity contribution in [2.45, 2.75) is 6.10 Å². The van der Waals surface area contributed by atoms with Gasteiger partial charge in [0.05, 0.1) is 24.4 Å². The van der Waals surface area contributed by atoms with E-state index in [4.69, 9.17) is 4.74 Å². The van der Waals surface area contributed by atoms with Gasteiger partial charge in [-0.1, -0.05) is 15.9 Å². The number of thiazole rings is 1. The summed E-state index contributed by atoms with van der Waals surface area (Å²) in [5.74, 6) is 0.0618. The number of aromatic nitrogens is 1. The standard InChI is InChI=1S/C9H11BrN2O2S/c10-3-7-5-12(1-2-14-7)9(13)8-4-11-6-15-8/h4,6-7H,1-3,5H2. The van der Waals surface area contributed by atoms with Gasteiger partial charge in [0.2, 0.25) is 0 Å². The second-order valence-electron chi connectivity index (χ2n) is 3.26. The molecular weight excluding hydrogens is 280 g/mol. The van der Waals surface area contributed by atoms with E-state index in [2.05, 4.69) is 20.9 Å². The maximum Gasteiger partial charge on any atom is 0.265 e. The fraction of sp³-hybridized carbons (Fsp3) is 0.556. The molecule has 1 aromatic heterocycles. The van der Waals surface area contributed by atoms with Crippen molar-refractivity contribution in [3.8, 4) is 0 Å². The minimum atomic E-state index is 0.0618. The Morgan fingerprint density at radius 1 is 1.80 bits per heavy atom. The number of carbonyl (C=O) groups excluding carboxylic acids is 1. The molecule has 2 rings (SSSR count). The first kappa shape index (κ1) is 11.0. The maximum absolute atomic E-state index is 11.9. The molecular formula is C9H11BrN2O2S. The SMILES string of the molecule is O=C(c1cncs1)N1CCOC(CBr)C1. The van der Waals surface area contributed by atoms with Crippen LogP contribution in [0.3, 0.4) is 0 Å². The number of amides is 1. The Morgan fingerprint density at radius 2 is 2.67 bits per heavy atom. The van der Waals surface area contributed by atoms with Crippen LogP contribution in [0.5, 0.6) is 0 Å². The summed E-state index contributed by atoms with van der Waals surface area (Å²) < 4.78 is 5.47. The Hall–Kier alpha value is -0.460. The van der Waals surface area contributed by atoms with Gasteiger partial charge in [0, 0.05) is 18.4 Å². The molecule has 1 amide bonds. The third-order valence-electron chi connectivity index (χ3n) is 2.24. The Balaban J connectivity index is 2.01.